The van der Waals surface area contributed by atoms with E-state index >= 15 is 0 Å². The van der Waals surface area contributed by atoms with E-state index < -0.39 is 0 Å². The molecule has 4 aromatic carbocycles. The average molecular weight is 370 g/mol. The molecule has 0 bridgehead atoms. The third-order valence-corrected chi connectivity index (χ3v) is 6.22. The fraction of sp³-hybridized carbons (Fsp3) is 0.0833. The topological polar surface area (TPSA) is 18.5 Å². The quantitative estimate of drug-likeness (QED) is 0.344. The average Bonchev–Trinajstić information content (AvgIpc) is 3.16. The molecule has 0 atom stereocenters. The minimum atomic E-state index is 0.907. The summed E-state index contributed by atoms with van der Waals surface area (Å²) in [7, 11) is 3.48. The Labute approximate surface area is 161 Å². The second kappa shape index (κ2) is 6.29. The zero-order valence-electron chi connectivity index (χ0n) is 15.2. The Morgan fingerprint density at radius 3 is 2.04 bits per heavy atom. The molecule has 3 heteroatoms. The van der Waals surface area contributed by atoms with Crippen LogP contribution in [-0.4, -0.2) is 14.2 Å². The molecule has 27 heavy (non-hydrogen) atoms. The number of rotatable bonds is 3. The van der Waals surface area contributed by atoms with Gasteiger partial charge in [0.2, 0.25) is 0 Å². The Bertz CT molecular complexity index is 1240. The van der Waals surface area contributed by atoms with Crippen molar-refractivity contribution in [1.29, 1.82) is 0 Å². The third kappa shape index (κ3) is 2.47. The van der Waals surface area contributed by atoms with Crippen molar-refractivity contribution < 1.29 is 9.47 Å². The van der Waals surface area contributed by atoms with Crippen molar-refractivity contribution in [2.45, 2.75) is 0 Å². The maximum Gasteiger partial charge on any atom is 0.144 e. The predicted octanol–water partition coefficient (Wildman–Crippen LogP) is 6.89. The fourth-order valence-corrected chi connectivity index (χ4v) is 4.97. The summed E-state index contributed by atoms with van der Waals surface area (Å²) in [6, 6.07) is 25.5. The molecule has 0 aliphatic carbocycles. The van der Waals surface area contributed by atoms with Crippen molar-refractivity contribution in [2.75, 3.05) is 14.2 Å². The van der Waals surface area contributed by atoms with Crippen LogP contribution in [0.5, 0.6) is 11.5 Å². The van der Waals surface area contributed by atoms with Gasteiger partial charge in [-0.1, -0.05) is 60.7 Å². The molecule has 0 unspecified atom stereocenters. The number of fused-ring (bicyclic) bond motifs is 3. The molecule has 5 rings (SSSR count). The number of hydrogen-bond acceptors (Lipinski definition) is 3. The van der Waals surface area contributed by atoms with Gasteiger partial charge in [0.25, 0.3) is 0 Å². The monoisotopic (exact) mass is 370 g/mol. The van der Waals surface area contributed by atoms with Crippen LogP contribution in [0.25, 0.3) is 42.1 Å². The van der Waals surface area contributed by atoms with E-state index in [1.807, 2.05) is 12.1 Å². The summed E-state index contributed by atoms with van der Waals surface area (Å²) < 4.78 is 12.7. The maximum absolute atomic E-state index is 5.81. The molecule has 0 saturated heterocycles. The molecule has 132 valence electrons. The number of hydrogen-bond donors (Lipinski definition) is 0. The van der Waals surface area contributed by atoms with Gasteiger partial charge in [0, 0.05) is 21.0 Å². The SMILES string of the molecule is COc1c2ccccc2c(OC)c2sc(-c3ccc4ccccc4c3)cc12. The molecule has 0 amide bonds. The molecule has 0 fully saturated rings. The van der Waals surface area contributed by atoms with Gasteiger partial charge in [0.15, 0.2) is 0 Å². The molecule has 5 aromatic rings. The van der Waals surface area contributed by atoms with Gasteiger partial charge >= 0.3 is 0 Å². The molecule has 0 aliphatic rings. The van der Waals surface area contributed by atoms with E-state index in [9.17, 15) is 0 Å². The van der Waals surface area contributed by atoms with Crippen LogP contribution in [0.4, 0.5) is 0 Å². The van der Waals surface area contributed by atoms with Crippen molar-refractivity contribution in [3.8, 4) is 21.9 Å². The van der Waals surface area contributed by atoms with Gasteiger partial charge in [-0.15, -0.1) is 11.3 Å². The lowest BCUT2D eigenvalue weighted by molar-refractivity contribution is 0.418. The Morgan fingerprint density at radius 1 is 0.630 bits per heavy atom. The summed E-state index contributed by atoms with van der Waals surface area (Å²) in [5.74, 6) is 1.82. The Kier molecular flexibility index (Phi) is 3.76. The first kappa shape index (κ1) is 16.2. The van der Waals surface area contributed by atoms with Crippen molar-refractivity contribution >= 4 is 43.0 Å². The Balaban J connectivity index is 1.82. The molecular formula is C24H18O2S. The van der Waals surface area contributed by atoms with Gasteiger partial charge in [-0.2, -0.15) is 0 Å². The minimum absolute atomic E-state index is 0.907. The molecule has 1 aromatic heterocycles. The fourth-order valence-electron chi connectivity index (χ4n) is 3.78. The largest absolute Gasteiger partial charge is 0.495 e. The highest BCUT2D eigenvalue weighted by Gasteiger charge is 2.18. The highest BCUT2D eigenvalue weighted by Crippen LogP contribution is 2.48. The smallest absolute Gasteiger partial charge is 0.144 e. The van der Waals surface area contributed by atoms with Gasteiger partial charge in [0.05, 0.1) is 18.9 Å². The van der Waals surface area contributed by atoms with Crippen LogP contribution in [0.2, 0.25) is 0 Å². The third-order valence-electron chi connectivity index (χ3n) is 5.04. The van der Waals surface area contributed by atoms with Crippen LogP contribution in [0, 0.1) is 0 Å². The molecule has 0 spiro atoms. The lowest BCUT2D eigenvalue weighted by Gasteiger charge is -2.11. The van der Waals surface area contributed by atoms with Crippen molar-refractivity contribution in [2.24, 2.45) is 0 Å². The van der Waals surface area contributed by atoms with Gasteiger partial charge in [-0.3, -0.25) is 0 Å². The van der Waals surface area contributed by atoms with E-state index in [1.165, 1.54) is 21.2 Å². The highest BCUT2D eigenvalue weighted by molar-refractivity contribution is 7.22. The minimum Gasteiger partial charge on any atom is -0.495 e. The summed E-state index contributed by atoms with van der Waals surface area (Å²) >= 11 is 1.75. The normalized spacial score (nSPS) is 11.3. The zero-order chi connectivity index (χ0) is 18.4. The zero-order valence-corrected chi connectivity index (χ0v) is 16.0. The first-order valence-corrected chi connectivity index (χ1v) is 9.67. The number of benzene rings is 4. The summed E-state index contributed by atoms with van der Waals surface area (Å²) in [5, 5.41) is 5.75. The molecular weight excluding hydrogens is 352 g/mol. The second-order valence-electron chi connectivity index (χ2n) is 6.53. The highest BCUT2D eigenvalue weighted by atomic mass is 32.1. The van der Waals surface area contributed by atoms with Crippen LogP contribution in [0.1, 0.15) is 0 Å². The summed E-state index contributed by atoms with van der Waals surface area (Å²) in [5.41, 5.74) is 1.21. The predicted molar refractivity (Wildman–Crippen MR) is 115 cm³/mol. The number of ether oxygens (including phenoxy) is 2. The summed E-state index contributed by atoms with van der Waals surface area (Å²) in [4.78, 5) is 1.21. The molecule has 2 nitrogen and oxygen atoms in total. The van der Waals surface area contributed by atoms with Gasteiger partial charge in [0.1, 0.15) is 11.5 Å². The first-order valence-electron chi connectivity index (χ1n) is 8.85. The Hall–Kier alpha value is -3.04. The lowest BCUT2D eigenvalue weighted by Crippen LogP contribution is -1.90. The number of thiophene rings is 1. The first-order chi connectivity index (χ1) is 13.3. The lowest BCUT2D eigenvalue weighted by atomic mass is 10.0. The van der Waals surface area contributed by atoms with E-state index in [0.29, 0.717) is 0 Å². The Morgan fingerprint density at radius 2 is 1.30 bits per heavy atom. The van der Waals surface area contributed by atoms with Crippen molar-refractivity contribution in [3.63, 3.8) is 0 Å². The van der Waals surface area contributed by atoms with Crippen molar-refractivity contribution in [3.05, 3.63) is 72.8 Å². The standard InChI is InChI=1S/C24H18O2S/c1-25-22-18-9-5-6-10-19(18)23(26-2)24-20(22)14-21(27-24)17-12-11-15-7-3-4-8-16(15)13-17/h3-14H,1-2H3. The van der Waals surface area contributed by atoms with Crippen LogP contribution in [-0.2, 0) is 0 Å². The van der Waals surface area contributed by atoms with Crippen LogP contribution in [0.3, 0.4) is 0 Å². The summed E-state index contributed by atoms with van der Waals surface area (Å²) in [6.07, 6.45) is 0. The van der Waals surface area contributed by atoms with E-state index in [1.54, 1.807) is 25.6 Å². The van der Waals surface area contributed by atoms with Crippen LogP contribution in [0.15, 0.2) is 72.8 Å². The van der Waals surface area contributed by atoms with Crippen molar-refractivity contribution in [1.82, 2.24) is 0 Å². The van der Waals surface area contributed by atoms with E-state index in [4.69, 9.17) is 9.47 Å². The number of methoxy groups -OCH3 is 2. The molecule has 0 radical (unpaired) electrons. The van der Waals surface area contributed by atoms with Gasteiger partial charge < -0.3 is 9.47 Å². The van der Waals surface area contributed by atoms with Crippen LogP contribution >= 0.6 is 11.3 Å². The van der Waals surface area contributed by atoms with Gasteiger partial charge in [-0.25, -0.2) is 0 Å². The van der Waals surface area contributed by atoms with E-state index in [0.717, 1.165) is 32.4 Å². The molecule has 1 heterocycles. The summed E-state index contributed by atoms with van der Waals surface area (Å²) in [6.45, 7) is 0. The molecule has 0 aliphatic heterocycles. The van der Waals surface area contributed by atoms with E-state index in [2.05, 4.69) is 60.7 Å². The molecule has 0 saturated carbocycles. The van der Waals surface area contributed by atoms with Gasteiger partial charge in [-0.05, 0) is 28.5 Å². The molecule has 0 N–H and O–H groups in total. The maximum atomic E-state index is 5.81. The van der Waals surface area contributed by atoms with E-state index in [-0.39, 0.29) is 0 Å². The second-order valence-corrected chi connectivity index (χ2v) is 7.58. The van der Waals surface area contributed by atoms with Crippen LogP contribution < -0.4 is 9.47 Å².